The van der Waals surface area contributed by atoms with E-state index in [4.69, 9.17) is 10.5 Å². The second-order valence-corrected chi connectivity index (χ2v) is 3.37. The zero-order valence-corrected chi connectivity index (χ0v) is 8.58. The number of esters is 1. The number of anilines is 1. The highest BCUT2D eigenvalue weighted by molar-refractivity contribution is 7.99. The van der Waals surface area contributed by atoms with E-state index in [9.17, 15) is 4.79 Å². The summed E-state index contributed by atoms with van der Waals surface area (Å²) < 4.78 is 4.75. The van der Waals surface area contributed by atoms with Gasteiger partial charge in [-0.3, -0.25) is 4.79 Å². The Morgan fingerprint density at radius 1 is 1.57 bits per heavy atom. The zero-order chi connectivity index (χ0) is 10.4. The van der Waals surface area contributed by atoms with Crippen molar-refractivity contribution in [2.75, 3.05) is 18.1 Å². The molecule has 0 amide bonds. The first-order valence-electron chi connectivity index (χ1n) is 4.08. The van der Waals surface area contributed by atoms with Crippen molar-refractivity contribution >= 4 is 23.5 Å². The summed E-state index contributed by atoms with van der Waals surface area (Å²) in [5.41, 5.74) is 5.36. The molecular formula is C8H11N3O2S. The van der Waals surface area contributed by atoms with Crippen LogP contribution in [0.15, 0.2) is 17.4 Å². The Bertz CT molecular complexity index is 302. The molecule has 0 unspecified atom stereocenters. The fourth-order valence-electron chi connectivity index (χ4n) is 0.736. The van der Waals surface area contributed by atoms with Gasteiger partial charge >= 0.3 is 5.97 Å². The molecule has 0 aliphatic carbocycles. The average Bonchev–Trinajstić information content (AvgIpc) is 2.17. The number of nitrogens with zero attached hydrogens (tertiary/aromatic N) is 2. The minimum Gasteiger partial charge on any atom is -0.465 e. The van der Waals surface area contributed by atoms with Crippen LogP contribution in [0.4, 0.5) is 5.82 Å². The maximum Gasteiger partial charge on any atom is 0.316 e. The van der Waals surface area contributed by atoms with Gasteiger partial charge in [0.15, 0.2) is 0 Å². The maximum atomic E-state index is 11.0. The first-order valence-corrected chi connectivity index (χ1v) is 5.07. The van der Waals surface area contributed by atoms with E-state index in [1.807, 2.05) is 0 Å². The van der Waals surface area contributed by atoms with Crippen LogP contribution in [0.5, 0.6) is 0 Å². The summed E-state index contributed by atoms with van der Waals surface area (Å²) in [6.45, 7) is 2.17. The van der Waals surface area contributed by atoms with E-state index in [1.54, 1.807) is 6.92 Å². The number of nitrogen functional groups attached to an aromatic ring is 1. The molecule has 0 aliphatic heterocycles. The number of ether oxygens (including phenoxy) is 1. The highest BCUT2D eigenvalue weighted by Crippen LogP contribution is 2.13. The van der Waals surface area contributed by atoms with Crippen molar-refractivity contribution in [3.8, 4) is 0 Å². The summed E-state index contributed by atoms with van der Waals surface area (Å²) in [4.78, 5) is 18.8. The van der Waals surface area contributed by atoms with Crippen molar-refractivity contribution in [2.45, 2.75) is 11.9 Å². The lowest BCUT2D eigenvalue weighted by molar-refractivity contribution is -0.139. The van der Waals surface area contributed by atoms with Crippen molar-refractivity contribution < 1.29 is 9.53 Å². The van der Waals surface area contributed by atoms with Crippen LogP contribution in [0.1, 0.15) is 6.92 Å². The Kier molecular flexibility index (Phi) is 4.18. The van der Waals surface area contributed by atoms with E-state index in [0.717, 1.165) is 0 Å². The zero-order valence-electron chi connectivity index (χ0n) is 7.77. The third-order valence-electron chi connectivity index (χ3n) is 1.29. The molecule has 0 radical (unpaired) electrons. The van der Waals surface area contributed by atoms with Gasteiger partial charge in [0.2, 0.25) is 0 Å². The van der Waals surface area contributed by atoms with Gasteiger partial charge in [-0.25, -0.2) is 9.97 Å². The van der Waals surface area contributed by atoms with Crippen molar-refractivity contribution in [3.05, 3.63) is 12.4 Å². The molecule has 0 saturated carbocycles. The number of carbonyl (C=O) groups excluding carboxylic acids is 1. The van der Waals surface area contributed by atoms with Crippen LogP contribution in [0, 0.1) is 0 Å². The van der Waals surface area contributed by atoms with Crippen molar-refractivity contribution in [1.82, 2.24) is 9.97 Å². The summed E-state index contributed by atoms with van der Waals surface area (Å²) >= 11 is 1.27. The molecule has 5 nitrogen and oxygen atoms in total. The smallest absolute Gasteiger partial charge is 0.316 e. The third kappa shape index (κ3) is 3.61. The van der Waals surface area contributed by atoms with E-state index in [2.05, 4.69) is 9.97 Å². The number of hydrogen-bond donors (Lipinski definition) is 1. The van der Waals surface area contributed by atoms with Gasteiger partial charge in [-0.1, -0.05) is 11.8 Å². The van der Waals surface area contributed by atoms with Gasteiger partial charge in [0.05, 0.1) is 24.8 Å². The number of rotatable bonds is 4. The molecule has 14 heavy (non-hydrogen) atoms. The molecule has 76 valence electrons. The number of thioether (sulfide) groups is 1. The molecule has 2 N–H and O–H groups in total. The standard InChI is InChI=1S/C8H11N3O2S/c1-2-13-8(12)5-14-7-4-10-6(9)3-11-7/h3-4H,2,5H2,1H3,(H2,9,10). The van der Waals surface area contributed by atoms with Crippen LogP contribution >= 0.6 is 11.8 Å². The van der Waals surface area contributed by atoms with Gasteiger partial charge in [-0.15, -0.1) is 0 Å². The van der Waals surface area contributed by atoms with Crippen LogP contribution in [0.25, 0.3) is 0 Å². The molecule has 0 atom stereocenters. The Balaban J connectivity index is 2.38. The van der Waals surface area contributed by atoms with E-state index >= 15 is 0 Å². The van der Waals surface area contributed by atoms with Crippen LogP contribution in [-0.2, 0) is 9.53 Å². The first-order chi connectivity index (χ1) is 6.72. The highest BCUT2D eigenvalue weighted by Gasteiger charge is 2.03. The summed E-state index contributed by atoms with van der Waals surface area (Å²) in [5, 5.41) is 0.659. The average molecular weight is 213 g/mol. The van der Waals surface area contributed by atoms with Crippen LogP contribution in [0.3, 0.4) is 0 Å². The van der Waals surface area contributed by atoms with E-state index < -0.39 is 0 Å². The van der Waals surface area contributed by atoms with Gasteiger partial charge in [0.1, 0.15) is 10.8 Å². The monoisotopic (exact) mass is 213 g/mol. The molecule has 0 fully saturated rings. The normalized spacial score (nSPS) is 9.79. The van der Waals surface area contributed by atoms with Crippen LogP contribution < -0.4 is 5.73 Å². The SMILES string of the molecule is CCOC(=O)CSc1cnc(N)cn1. The van der Waals surface area contributed by atoms with Gasteiger partial charge < -0.3 is 10.5 Å². The summed E-state index contributed by atoms with van der Waals surface area (Å²) in [6.07, 6.45) is 2.98. The predicted molar refractivity (Wildman–Crippen MR) is 53.8 cm³/mol. The van der Waals surface area contributed by atoms with Gasteiger partial charge in [0.25, 0.3) is 0 Å². The third-order valence-corrected chi connectivity index (χ3v) is 2.18. The van der Waals surface area contributed by atoms with Crippen molar-refractivity contribution in [2.24, 2.45) is 0 Å². The summed E-state index contributed by atoms with van der Waals surface area (Å²) in [6, 6.07) is 0. The highest BCUT2D eigenvalue weighted by atomic mass is 32.2. The maximum absolute atomic E-state index is 11.0. The van der Waals surface area contributed by atoms with Crippen LogP contribution in [0.2, 0.25) is 0 Å². The van der Waals surface area contributed by atoms with Crippen LogP contribution in [-0.4, -0.2) is 28.3 Å². The summed E-state index contributed by atoms with van der Waals surface area (Å²) in [7, 11) is 0. The van der Waals surface area contributed by atoms with E-state index in [0.29, 0.717) is 17.5 Å². The van der Waals surface area contributed by atoms with Crippen molar-refractivity contribution in [1.29, 1.82) is 0 Å². The molecule has 0 saturated heterocycles. The molecule has 1 heterocycles. The number of nitrogens with two attached hydrogens (primary N) is 1. The summed E-state index contributed by atoms with van der Waals surface area (Å²) in [5.74, 6) is 0.355. The van der Waals surface area contributed by atoms with Gasteiger partial charge in [-0.05, 0) is 6.92 Å². The fraction of sp³-hybridized carbons (Fsp3) is 0.375. The molecule has 1 aromatic heterocycles. The second kappa shape index (κ2) is 5.43. The molecule has 0 aromatic carbocycles. The fourth-order valence-corrected chi connectivity index (χ4v) is 1.34. The first kappa shape index (κ1) is 10.8. The number of hydrogen-bond acceptors (Lipinski definition) is 6. The molecule has 6 heteroatoms. The Morgan fingerprint density at radius 3 is 2.93 bits per heavy atom. The Labute approximate surface area is 86.1 Å². The topological polar surface area (TPSA) is 78.1 Å². The van der Waals surface area contributed by atoms with E-state index in [-0.39, 0.29) is 11.7 Å². The minimum atomic E-state index is -0.254. The molecule has 0 spiro atoms. The number of aromatic nitrogens is 2. The quantitative estimate of drug-likeness (QED) is 0.586. The van der Waals surface area contributed by atoms with E-state index in [1.165, 1.54) is 24.2 Å². The lowest BCUT2D eigenvalue weighted by atomic mass is 10.7. The lowest BCUT2D eigenvalue weighted by Crippen LogP contribution is -2.06. The predicted octanol–water partition coefficient (Wildman–Crippen LogP) is 0.714. The molecular weight excluding hydrogens is 202 g/mol. The van der Waals surface area contributed by atoms with Gasteiger partial charge in [-0.2, -0.15) is 0 Å². The number of carbonyl (C=O) groups is 1. The van der Waals surface area contributed by atoms with Gasteiger partial charge in [0, 0.05) is 0 Å². The molecule has 1 aromatic rings. The Hall–Kier alpha value is -1.30. The largest absolute Gasteiger partial charge is 0.465 e. The lowest BCUT2D eigenvalue weighted by Gasteiger charge is -2.00. The molecule has 0 aliphatic rings. The van der Waals surface area contributed by atoms with Crippen molar-refractivity contribution in [3.63, 3.8) is 0 Å². The molecule has 0 bridgehead atoms. The molecule has 1 rings (SSSR count). The Morgan fingerprint density at radius 2 is 2.36 bits per heavy atom. The second-order valence-electron chi connectivity index (χ2n) is 2.37. The minimum absolute atomic E-state index is 0.242.